The summed E-state index contributed by atoms with van der Waals surface area (Å²) in [7, 11) is 0. The Morgan fingerprint density at radius 3 is 2.50 bits per heavy atom. The first-order valence-electron chi connectivity index (χ1n) is 5.01. The van der Waals surface area contributed by atoms with Crippen LogP contribution in [0.25, 0.3) is 4.85 Å². The van der Waals surface area contributed by atoms with E-state index in [9.17, 15) is 0 Å². The minimum absolute atomic E-state index is 0.314. The van der Waals surface area contributed by atoms with Gasteiger partial charge in [0.1, 0.15) is 0 Å². The molecule has 0 aromatic rings. The highest BCUT2D eigenvalue weighted by Crippen LogP contribution is 2.35. The molecule has 12 heavy (non-hydrogen) atoms. The quantitative estimate of drug-likeness (QED) is 0.525. The molecule has 1 rings (SSSR count). The molecule has 0 bridgehead atoms. The summed E-state index contributed by atoms with van der Waals surface area (Å²) in [4.78, 5) is 3.75. The third-order valence-corrected chi connectivity index (χ3v) is 3.15. The van der Waals surface area contributed by atoms with E-state index in [1.807, 2.05) is 0 Å². The predicted molar refractivity (Wildman–Crippen MR) is 51.7 cm³/mol. The molecule has 1 aliphatic rings. The van der Waals surface area contributed by atoms with Crippen molar-refractivity contribution in [1.82, 2.24) is 0 Å². The molecule has 0 aromatic carbocycles. The zero-order valence-corrected chi connectivity index (χ0v) is 8.38. The van der Waals surface area contributed by atoms with E-state index in [0.717, 1.165) is 12.3 Å². The third-order valence-electron chi connectivity index (χ3n) is 3.15. The number of hydrogen-bond donors (Lipinski definition) is 0. The molecule has 1 aliphatic carbocycles. The molecule has 0 aromatic heterocycles. The lowest BCUT2D eigenvalue weighted by Gasteiger charge is -2.29. The molecule has 0 radical (unpaired) electrons. The molecule has 68 valence electrons. The smallest absolute Gasteiger partial charge is 0.227 e. The van der Waals surface area contributed by atoms with E-state index in [-0.39, 0.29) is 0 Å². The van der Waals surface area contributed by atoms with E-state index >= 15 is 0 Å². The molecule has 0 N–H and O–H groups in total. The van der Waals surface area contributed by atoms with Crippen LogP contribution in [0.4, 0.5) is 0 Å². The average molecular weight is 165 g/mol. The summed E-state index contributed by atoms with van der Waals surface area (Å²) >= 11 is 0. The zero-order chi connectivity index (χ0) is 9.14. The Bertz CT molecular complexity index is 178. The van der Waals surface area contributed by atoms with E-state index in [4.69, 9.17) is 6.57 Å². The van der Waals surface area contributed by atoms with Crippen LogP contribution in [0.3, 0.4) is 0 Å². The molecule has 0 saturated heterocycles. The third kappa shape index (κ3) is 2.00. The maximum atomic E-state index is 7.14. The van der Waals surface area contributed by atoms with Crippen LogP contribution in [0.1, 0.15) is 40.0 Å². The molecule has 1 saturated carbocycles. The lowest BCUT2D eigenvalue weighted by molar-refractivity contribution is 0.221. The Hall–Kier alpha value is -0.510. The topological polar surface area (TPSA) is 4.36 Å². The van der Waals surface area contributed by atoms with Gasteiger partial charge < -0.3 is 4.85 Å². The van der Waals surface area contributed by atoms with Crippen molar-refractivity contribution >= 4 is 0 Å². The summed E-state index contributed by atoms with van der Waals surface area (Å²) in [5.41, 5.74) is 0. The fourth-order valence-electron chi connectivity index (χ4n) is 2.30. The highest BCUT2D eigenvalue weighted by Gasteiger charge is 2.34. The first-order valence-corrected chi connectivity index (χ1v) is 5.01. The first-order chi connectivity index (χ1) is 5.65. The van der Waals surface area contributed by atoms with E-state index in [0.29, 0.717) is 17.9 Å². The van der Waals surface area contributed by atoms with Gasteiger partial charge in [-0.25, -0.2) is 6.57 Å². The van der Waals surface area contributed by atoms with Crippen LogP contribution >= 0.6 is 0 Å². The average Bonchev–Trinajstić information content (AvgIpc) is 2.03. The SMILES string of the molecule is [C-]#[N+][C@@H]1C[C@@H](C)CC[C@@H]1C(C)C. The zero-order valence-electron chi connectivity index (χ0n) is 8.38. The van der Waals surface area contributed by atoms with Crippen molar-refractivity contribution in [1.29, 1.82) is 0 Å². The fourth-order valence-corrected chi connectivity index (χ4v) is 2.30. The van der Waals surface area contributed by atoms with Crippen LogP contribution in [0.5, 0.6) is 0 Å². The van der Waals surface area contributed by atoms with Gasteiger partial charge in [-0.2, -0.15) is 0 Å². The molecular formula is C11H19N. The van der Waals surface area contributed by atoms with Gasteiger partial charge in [0.25, 0.3) is 0 Å². The van der Waals surface area contributed by atoms with Crippen LogP contribution in [0.2, 0.25) is 0 Å². The maximum absolute atomic E-state index is 7.14. The maximum Gasteiger partial charge on any atom is 0.227 e. The molecule has 0 unspecified atom stereocenters. The summed E-state index contributed by atoms with van der Waals surface area (Å²) in [6, 6.07) is 0.314. The Labute approximate surface area is 76.0 Å². The van der Waals surface area contributed by atoms with E-state index < -0.39 is 0 Å². The van der Waals surface area contributed by atoms with Crippen molar-refractivity contribution in [2.24, 2.45) is 17.8 Å². The Morgan fingerprint density at radius 1 is 1.33 bits per heavy atom. The van der Waals surface area contributed by atoms with Gasteiger partial charge in [-0.1, -0.05) is 20.8 Å². The molecule has 0 spiro atoms. The molecule has 1 heteroatoms. The fraction of sp³-hybridized carbons (Fsp3) is 0.909. The second kappa shape index (κ2) is 3.94. The highest BCUT2D eigenvalue weighted by molar-refractivity contribution is 4.92. The first kappa shape index (κ1) is 9.58. The van der Waals surface area contributed by atoms with Gasteiger partial charge >= 0.3 is 0 Å². The van der Waals surface area contributed by atoms with E-state index in [1.165, 1.54) is 12.8 Å². The largest absolute Gasteiger partial charge is 0.313 e. The Balaban J connectivity index is 2.58. The predicted octanol–water partition coefficient (Wildman–Crippen LogP) is 3.37. The molecule has 1 nitrogen and oxygen atoms in total. The highest BCUT2D eigenvalue weighted by atomic mass is 14.7. The lowest BCUT2D eigenvalue weighted by atomic mass is 9.74. The van der Waals surface area contributed by atoms with Gasteiger partial charge in [-0.3, -0.25) is 0 Å². The summed E-state index contributed by atoms with van der Waals surface area (Å²) in [6.07, 6.45) is 3.73. The lowest BCUT2D eigenvalue weighted by Crippen LogP contribution is -2.29. The van der Waals surface area contributed by atoms with Crippen LogP contribution in [-0.4, -0.2) is 6.04 Å². The Morgan fingerprint density at radius 2 is 2.00 bits per heavy atom. The van der Waals surface area contributed by atoms with Gasteiger partial charge in [0.2, 0.25) is 6.04 Å². The molecule has 0 aliphatic heterocycles. The van der Waals surface area contributed by atoms with Gasteiger partial charge in [-0.15, -0.1) is 0 Å². The number of nitrogens with zero attached hydrogens (tertiary/aromatic N) is 1. The Kier molecular flexibility index (Phi) is 3.14. The molecular weight excluding hydrogens is 146 g/mol. The van der Waals surface area contributed by atoms with Crippen LogP contribution in [-0.2, 0) is 0 Å². The second-order valence-corrected chi connectivity index (χ2v) is 4.52. The van der Waals surface area contributed by atoms with Crippen LogP contribution < -0.4 is 0 Å². The summed E-state index contributed by atoms with van der Waals surface area (Å²) in [5.74, 6) is 2.13. The van der Waals surface area contributed by atoms with Gasteiger partial charge in [0.05, 0.1) is 0 Å². The van der Waals surface area contributed by atoms with Crippen molar-refractivity contribution < 1.29 is 0 Å². The summed E-state index contributed by atoms with van der Waals surface area (Å²) < 4.78 is 0. The molecule has 3 atom stereocenters. The van der Waals surface area contributed by atoms with E-state index in [2.05, 4.69) is 25.6 Å². The van der Waals surface area contributed by atoms with Crippen LogP contribution in [0.15, 0.2) is 0 Å². The normalized spacial score (nSPS) is 36.4. The summed E-state index contributed by atoms with van der Waals surface area (Å²) in [5, 5.41) is 0. The number of rotatable bonds is 1. The molecule has 1 fully saturated rings. The van der Waals surface area contributed by atoms with Gasteiger partial charge in [-0.05, 0) is 24.7 Å². The second-order valence-electron chi connectivity index (χ2n) is 4.52. The summed E-state index contributed by atoms with van der Waals surface area (Å²) in [6.45, 7) is 13.9. The van der Waals surface area contributed by atoms with Crippen molar-refractivity contribution in [2.45, 2.75) is 46.1 Å². The molecule has 0 heterocycles. The van der Waals surface area contributed by atoms with Crippen molar-refractivity contribution in [3.63, 3.8) is 0 Å². The minimum Gasteiger partial charge on any atom is -0.313 e. The van der Waals surface area contributed by atoms with Crippen molar-refractivity contribution in [3.05, 3.63) is 11.4 Å². The standard InChI is InChI=1S/C11H19N/c1-8(2)10-6-5-9(3)7-11(10)12-4/h8-11H,5-7H2,1-3H3/t9-,10+,11+/m0/s1. The van der Waals surface area contributed by atoms with Crippen LogP contribution in [0, 0.1) is 24.3 Å². The van der Waals surface area contributed by atoms with Gasteiger partial charge in [0, 0.05) is 12.3 Å². The number of hydrogen-bond acceptors (Lipinski definition) is 0. The van der Waals surface area contributed by atoms with Crippen molar-refractivity contribution in [2.75, 3.05) is 0 Å². The van der Waals surface area contributed by atoms with Crippen molar-refractivity contribution in [3.8, 4) is 0 Å². The minimum atomic E-state index is 0.314. The molecule has 0 amide bonds. The van der Waals surface area contributed by atoms with E-state index in [1.54, 1.807) is 0 Å². The monoisotopic (exact) mass is 165 g/mol. The van der Waals surface area contributed by atoms with Gasteiger partial charge in [0.15, 0.2) is 0 Å².